The summed E-state index contributed by atoms with van der Waals surface area (Å²) in [6.07, 6.45) is -3.62. The largest absolute Gasteiger partial charge is 0.416 e. The SMILES string of the molecule is C=C(C)C[C@H](c1cccc(C(F)(F)F)c1)N1CCNCC1.Cl.Cl. The number of rotatable bonds is 4. The Labute approximate surface area is 147 Å². The van der Waals surface area contributed by atoms with Gasteiger partial charge in [0.25, 0.3) is 0 Å². The van der Waals surface area contributed by atoms with Crippen LogP contribution in [0.5, 0.6) is 0 Å². The molecule has 23 heavy (non-hydrogen) atoms. The van der Waals surface area contributed by atoms with Gasteiger partial charge in [-0.15, -0.1) is 31.4 Å². The third-order valence-corrected chi connectivity index (χ3v) is 3.73. The zero-order valence-corrected chi connectivity index (χ0v) is 14.7. The highest BCUT2D eigenvalue weighted by Gasteiger charge is 2.31. The van der Waals surface area contributed by atoms with E-state index >= 15 is 0 Å². The lowest BCUT2D eigenvalue weighted by Crippen LogP contribution is -2.45. The van der Waals surface area contributed by atoms with E-state index in [1.165, 1.54) is 12.1 Å². The summed E-state index contributed by atoms with van der Waals surface area (Å²) in [7, 11) is 0. The topological polar surface area (TPSA) is 15.3 Å². The lowest BCUT2D eigenvalue weighted by molar-refractivity contribution is -0.137. The highest BCUT2D eigenvalue weighted by atomic mass is 35.5. The summed E-state index contributed by atoms with van der Waals surface area (Å²) in [4.78, 5) is 2.24. The molecule has 1 fully saturated rings. The Hall–Kier alpha value is -0.750. The molecule has 7 heteroatoms. The zero-order valence-electron chi connectivity index (χ0n) is 13.0. The van der Waals surface area contributed by atoms with Gasteiger partial charge in [-0.05, 0) is 31.0 Å². The number of piperazine rings is 1. The molecule has 2 rings (SSSR count). The highest BCUT2D eigenvalue weighted by Crippen LogP contribution is 2.33. The van der Waals surface area contributed by atoms with Crippen LogP contribution >= 0.6 is 24.8 Å². The van der Waals surface area contributed by atoms with Crippen molar-refractivity contribution in [2.75, 3.05) is 26.2 Å². The third kappa shape index (κ3) is 6.34. The smallest absolute Gasteiger partial charge is 0.314 e. The van der Waals surface area contributed by atoms with Crippen LogP contribution in [-0.2, 0) is 6.18 Å². The predicted octanol–water partition coefficient (Wildman–Crippen LogP) is 4.46. The molecule has 132 valence electrons. The van der Waals surface area contributed by atoms with Crippen molar-refractivity contribution in [3.63, 3.8) is 0 Å². The number of nitrogens with one attached hydrogen (secondary N) is 1. The average molecular weight is 371 g/mol. The van der Waals surface area contributed by atoms with Gasteiger partial charge in [-0.1, -0.05) is 17.7 Å². The second kappa shape index (κ2) is 9.52. The third-order valence-electron chi connectivity index (χ3n) is 3.73. The molecule has 1 saturated heterocycles. The number of hydrogen-bond acceptors (Lipinski definition) is 2. The van der Waals surface area contributed by atoms with E-state index in [4.69, 9.17) is 0 Å². The second-order valence-electron chi connectivity index (χ2n) is 5.59. The van der Waals surface area contributed by atoms with Crippen LogP contribution in [0.3, 0.4) is 0 Å². The first-order valence-corrected chi connectivity index (χ1v) is 7.14. The van der Waals surface area contributed by atoms with Gasteiger partial charge in [0.2, 0.25) is 0 Å². The Morgan fingerprint density at radius 1 is 1.26 bits per heavy atom. The summed E-state index contributed by atoms with van der Waals surface area (Å²) in [6, 6.07) is 5.64. The van der Waals surface area contributed by atoms with Crippen molar-refractivity contribution in [1.29, 1.82) is 0 Å². The Kier molecular flexibility index (Phi) is 9.21. The molecule has 1 aliphatic heterocycles. The Bertz CT molecular complexity index is 500. The first kappa shape index (κ1) is 22.2. The average Bonchev–Trinajstić information content (AvgIpc) is 2.45. The maximum Gasteiger partial charge on any atom is 0.416 e. The van der Waals surface area contributed by atoms with Crippen molar-refractivity contribution >= 4 is 24.8 Å². The molecule has 0 unspecified atom stereocenters. The van der Waals surface area contributed by atoms with Crippen LogP contribution in [0, 0.1) is 0 Å². The number of alkyl halides is 3. The minimum absolute atomic E-state index is 0. The number of nitrogens with zero attached hydrogens (tertiary/aromatic N) is 1. The molecule has 0 bridgehead atoms. The Morgan fingerprint density at radius 2 is 1.87 bits per heavy atom. The number of halogens is 5. The molecule has 0 aliphatic carbocycles. The lowest BCUT2D eigenvalue weighted by atomic mass is 9.96. The molecule has 2 nitrogen and oxygen atoms in total. The van der Waals surface area contributed by atoms with E-state index < -0.39 is 11.7 Å². The fourth-order valence-electron chi connectivity index (χ4n) is 2.70. The first-order chi connectivity index (χ1) is 9.88. The molecule has 0 amide bonds. The van der Waals surface area contributed by atoms with Gasteiger partial charge >= 0.3 is 6.18 Å². The van der Waals surface area contributed by atoms with Crippen molar-refractivity contribution in [1.82, 2.24) is 10.2 Å². The van der Waals surface area contributed by atoms with E-state index in [-0.39, 0.29) is 30.9 Å². The summed E-state index contributed by atoms with van der Waals surface area (Å²) in [5, 5.41) is 3.27. The first-order valence-electron chi connectivity index (χ1n) is 7.14. The molecular formula is C16H23Cl2F3N2. The van der Waals surface area contributed by atoms with Crippen LogP contribution in [-0.4, -0.2) is 31.1 Å². The van der Waals surface area contributed by atoms with E-state index in [1.54, 1.807) is 6.07 Å². The molecule has 1 N–H and O–H groups in total. The van der Waals surface area contributed by atoms with Crippen molar-refractivity contribution < 1.29 is 13.2 Å². The minimum atomic E-state index is -4.30. The van der Waals surface area contributed by atoms with Gasteiger partial charge in [0, 0.05) is 32.2 Å². The monoisotopic (exact) mass is 370 g/mol. The highest BCUT2D eigenvalue weighted by molar-refractivity contribution is 5.85. The zero-order chi connectivity index (χ0) is 15.5. The van der Waals surface area contributed by atoms with Gasteiger partial charge < -0.3 is 5.32 Å². The van der Waals surface area contributed by atoms with Gasteiger partial charge in [-0.2, -0.15) is 13.2 Å². The fourth-order valence-corrected chi connectivity index (χ4v) is 2.70. The maximum absolute atomic E-state index is 12.9. The standard InChI is InChI=1S/C16H21F3N2.2ClH/c1-12(2)10-15(21-8-6-20-7-9-21)13-4-3-5-14(11-13)16(17,18)19;;/h3-5,11,15,20H,1,6-10H2,2H3;2*1H/t15-;;/m1../s1. The van der Waals surface area contributed by atoms with Gasteiger partial charge in [-0.25, -0.2) is 0 Å². The summed E-state index contributed by atoms with van der Waals surface area (Å²) in [6.45, 7) is 9.26. The minimum Gasteiger partial charge on any atom is -0.314 e. The van der Waals surface area contributed by atoms with Gasteiger partial charge in [0.05, 0.1) is 5.56 Å². The second-order valence-corrected chi connectivity index (χ2v) is 5.59. The summed E-state index contributed by atoms with van der Waals surface area (Å²) in [5.41, 5.74) is 1.12. The van der Waals surface area contributed by atoms with Crippen LogP contribution in [0.2, 0.25) is 0 Å². The van der Waals surface area contributed by atoms with Gasteiger partial charge in [0.15, 0.2) is 0 Å². The molecule has 1 aliphatic rings. The van der Waals surface area contributed by atoms with Crippen molar-refractivity contribution in [3.8, 4) is 0 Å². The van der Waals surface area contributed by atoms with Crippen molar-refractivity contribution in [3.05, 3.63) is 47.5 Å². The van der Waals surface area contributed by atoms with Crippen LogP contribution in [0.25, 0.3) is 0 Å². The molecule has 0 radical (unpaired) electrons. The Balaban J connectivity index is 0.00000242. The fraction of sp³-hybridized carbons (Fsp3) is 0.500. The summed E-state index contributed by atoms with van der Waals surface area (Å²) in [5.74, 6) is 0. The number of hydrogen-bond donors (Lipinski definition) is 1. The molecule has 0 aromatic heterocycles. The maximum atomic E-state index is 12.9. The predicted molar refractivity (Wildman–Crippen MR) is 92.6 cm³/mol. The van der Waals surface area contributed by atoms with E-state index in [1.807, 2.05) is 6.92 Å². The van der Waals surface area contributed by atoms with Crippen molar-refractivity contribution in [2.45, 2.75) is 25.6 Å². The normalized spacial score (nSPS) is 16.9. The quantitative estimate of drug-likeness (QED) is 0.787. The van der Waals surface area contributed by atoms with Crippen LogP contribution in [0.4, 0.5) is 13.2 Å². The molecule has 1 heterocycles. The van der Waals surface area contributed by atoms with Crippen LogP contribution < -0.4 is 5.32 Å². The van der Waals surface area contributed by atoms with Crippen LogP contribution in [0.1, 0.15) is 30.5 Å². The van der Waals surface area contributed by atoms with Gasteiger partial charge in [0.1, 0.15) is 0 Å². The van der Waals surface area contributed by atoms with Crippen LogP contribution in [0.15, 0.2) is 36.4 Å². The van der Waals surface area contributed by atoms with Crippen molar-refractivity contribution in [2.24, 2.45) is 0 Å². The molecule has 1 atom stereocenters. The van der Waals surface area contributed by atoms with E-state index in [2.05, 4.69) is 16.8 Å². The molecule has 1 aromatic rings. The van der Waals surface area contributed by atoms with E-state index in [0.717, 1.165) is 43.4 Å². The molecule has 0 spiro atoms. The molecular weight excluding hydrogens is 348 g/mol. The summed E-state index contributed by atoms with van der Waals surface area (Å²) < 4.78 is 38.7. The van der Waals surface area contributed by atoms with E-state index in [9.17, 15) is 13.2 Å². The number of benzene rings is 1. The lowest BCUT2D eigenvalue weighted by Gasteiger charge is -2.35. The Morgan fingerprint density at radius 3 is 2.39 bits per heavy atom. The molecule has 0 saturated carbocycles. The van der Waals surface area contributed by atoms with E-state index in [0.29, 0.717) is 6.42 Å². The molecule has 1 aromatic carbocycles. The van der Waals surface area contributed by atoms with Gasteiger partial charge in [-0.3, -0.25) is 4.90 Å². The summed E-state index contributed by atoms with van der Waals surface area (Å²) >= 11 is 0.